The van der Waals surface area contributed by atoms with E-state index in [-0.39, 0.29) is 11.8 Å². The quantitative estimate of drug-likeness (QED) is 0.801. The van der Waals surface area contributed by atoms with Crippen LogP contribution in [0.2, 0.25) is 0 Å². The zero-order valence-electron chi connectivity index (χ0n) is 12.0. The summed E-state index contributed by atoms with van der Waals surface area (Å²) in [7, 11) is -1.61. The molecule has 0 amide bonds. The first-order valence-corrected chi connectivity index (χ1v) is 8.27. The summed E-state index contributed by atoms with van der Waals surface area (Å²) in [5.74, 6) is 0.930. The third kappa shape index (κ3) is 3.48. The van der Waals surface area contributed by atoms with Crippen molar-refractivity contribution in [3.05, 3.63) is 18.2 Å². The maximum atomic E-state index is 11.4. The van der Waals surface area contributed by atoms with Crippen molar-refractivity contribution in [2.24, 2.45) is 0 Å². The summed E-state index contributed by atoms with van der Waals surface area (Å²) in [5.41, 5.74) is 6.98. The molecule has 8 nitrogen and oxygen atoms in total. The van der Waals surface area contributed by atoms with E-state index in [1.807, 2.05) is 0 Å². The van der Waals surface area contributed by atoms with Gasteiger partial charge in [-0.2, -0.15) is 0 Å². The molecule has 0 radical (unpaired) electrons. The van der Waals surface area contributed by atoms with Gasteiger partial charge in [0.05, 0.1) is 24.6 Å². The van der Waals surface area contributed by atoms with Crippen molar-refractivity contribution in [3.8, 4) is 17.1 Å². The molecule has 1 heterocycles. The number of tetrazole rings is 1. The second-order valence-corrected chi connectivity index (χ2v) is 7.03. The number of rotatable bonds is 5. The second-order valence-electron chi connectivity index (χ2n) is 4.85. The second kappa shape index (κ2) is 5.68. The van der Waals surface area contributed by atoms with Gasteiger partial charge in [-0.05, 0) is 35.5 Å². The van der Waals surface area contributed by atoms with Crippen LogP contribution in [0.25, 0.3) is 11.4 Å². The van der Waals surface area contributed by atoms with Gasteiger partial charge in [-0.1, -0.05) is 0 Å². The Labute approximate surface area is 122 Å². The fourth-order valence-electron chi connectivity index (χ4n) is 2.04. The minimum Gasteiger partial charge on any atom is -0.495 e. The summed E-state index contributed by atoms with van der Waals surface area (Å²) in [5, 5.41) is 11.5. The average Bonchev–Trinajstić information content (AvgIpc) is 2.86. The highest BCUT2D eigenvalue weighted by molar-refractivity contribution is 7.90. The highest BCUT2D eigenvalue weighted by Gasteiger charge is 2.19. The van der Waals surface area contributed by atoms with Crippen LogP contribution in [0.4, 0.5) is 5.69 Å². The fraction of sp³-hybridized carbons (Fsp3) is 0.417. The van der Waals surface area contributed by atoms with Crippen molar-refractivity contribution in [3.63, 3.8) is 0 Å². The van der Waals surface area contributed by atoms with Crippen LogP contribution < -0.4 is 10.5 Å². The highest BCUT2D eigenvalue weighted by atomic mass is 32.2. The largest absolute Gasteiger partial charge is 0.495 e. The molecule has 0 aliphatic carbocycles. The molecule has 0 saturated carbocycles. The van der Waals surface area contributed by atoms with Gasteiger partial charge in [0.2, 0.25) is 0 Å². The molecule has 0 fully saturated rings. The Morgan fingerprint density at radius 3 is 2.76 bits per heavy atom. The van der Waals surface area contributed by atoms with Gasteiger partial charge in [-0.3, -0.25) is 0 Å². The number of hydrogen-bond donors (Lipinski definition) is 1. The number of anilines is 1. The zero-order valence-corrected chi connectivity index (χ0v) is 12.8. The van der Waals surface area contributed by atoms with E-state index in [2.05, 4.69) is 15.5 Å². The van der Waals surface area contributed by atoms with E-state index in [9.17, 15) is 8.42 Å². The normalized spacial score (nSPS) is 13.1. The van der Waals surface area contributed by atoms with Gasteiger partial charge in [0, 0.05) is 11.8 Å². The molecule has 1 aromatic heterocycles. The summed E-state index contributed by atoms with van der Waals surface area (Å²) in [6, 6.07) is 4.78. The predicted octanol–water partition coefficient (Wildman–Crippen LogP) is 0.536. The van der Waals surface area contributed by atoms with Crippen molar-refractivity contribution in [1.29, 1.82) is 0 Å². The third-order valence-corrected chi connectivity index (χ3v) is 4.03. The standard InChI is InChI=1S/C12H17N5O3S/c1-8(7-21(3,18)19)17-12(14-15-16-17)9-4-5-10(13)11(6-9)20-2/h4-6,8H,7,13H2,1-3H3. The molecule has 21 heavy (non-hydrogen) atoms. The molecular weight excluding hydrogens is 294 g/mol. The summed E-state index contributed by atoms with van der Waals surface area (Å²) in [6.45, 7) is 1.75. The average molecular weight is 311 g/mol. The molecule has 0 saturated heterocycles. The Morgan fingerprint density at radius 1 is 1.43 bits per heavy atom. The van der Waals surface area contributed by atoms with E-state index in [0.29, 0.717) is 22.8 Å². The summed E-state index contributed by atoms with van der Waals surface area (Å²) in [6.07, 6.45) is 1.18. The Bertz CT molecular complexity index is 741. The number of hydrogen-bond acceptors (Lipinski definition) is 7. The van der Waals surface area contributed by atoms with Crippen molar-refractivity contribution in [2.75, 3.05) is 24.9 Å². The van der Waals surface area contributed by atoms with Crippen LogP contribution in [-0.2, 0) is 9.84 Å². The number of nitrogen functional groups attached to an aromatic ring is 1. The lowest BCUT2D eigenvalue weighted by atomic mass is 10.1. The lowest BCUT2D eigenvalue weighted by Crippen LogP contribution is -2.18. The molecule has 0 aliphatic rings. The van der Waals surface area contributed by atoms with E-state index < -0.39 is 9.84 Å². The number of methoxy groups -OCH3 is 1. The zero-order chi connectivity index (χ0) is 15.6. The van der Waals surface area contributed by atoms with Crippen LogP contribution in [0, 0.1) is 0 Å². The van der Waals surface area contributed by atoms with Gasteiger partial charge >= 0.3 is 0 Å². The number of sulfone groups is 1. The third-order valence-electron chi connectivity index (χ3n) is 2.95. The molecule has 9 heteroatoms. The van der Waals surface area contributed by atoms with Crippen molar-refractivity contribution in [1.82, 2.24) is 20.2 Å². The molecule has 0 spiro atoms. The van der Waals surface area contributed by atoms with Gasteiger partial charge in [0.1, 0.15) is 15.6 Å². The van der Waals surface area contributed by atoms with Gasteiger partial charge in [0.25, 0.3) is 0 Å². The Hall–Kier alpha value is -2.16. The molecule has 2 rings (SSSR count). The first-order valence-electron chi connectivity index (χ1n) is 6.21. The Kier molecular flexibility index (Phi) is 4.12. The first kappa shape index (κ1) is 15.2. The van der Waals surface area contributed by atoms with Crippen molar-refractivity contribution in [2.45, 2.75) is 13.0 Å². The summed E-state index contributed by atoms with van der Waals surface area (Å²) in [4.78, 5) is 0. The SMILES string of the molecule is COc1cc(-c2nnnn2C(C)CS(C)(=O)=O)ccc1N. The van der Waals surface area contributed by atoms with Gasteiger partial charge < -0.3 is 10.5 Å². The number of aromatic nitrogens is 4. The van der Waals surface area contributed by atoms with Crippen LogP contribution in [-0.4, -0.2) is 47.7 Å². The van der Waals surface area contributed by atoms with E-state index in [1.165, 1.54) is 18.0 Å². The number of benzene rings is 1. The van der Waals surface area contributed by atoms with E-state index in [4.69, 9.17) is 10.5 Å². The lowest BCUT2D eigenvalue weighted by Gasteiger charge is -2.13. The summed E-state index contributed by atoms with van der Waals surface area (Å²) >= 11 is 0. The highest BCUT2D eigenvalue weighted by Crippen LogP contribution is 2.28. The van der Waals surface area contributed by atoms with Crippen LogP contribution >= 0.6 is 0 Å². The molecular formula is C12H17N5O3S. The molecule has 0 aliphatic heterocycles. The van der Waals surface area contributed by atoms with Crippen LogP contribution in [0.15, 0.2) is 18.2 Å². The van der Waals surface area contributed by atoms with E-state index in [1.54, 1.807) is 25.1 Å². The van der Waals surface area contributed by atoms with Gasteiger partial charge in [0.15, 0.2) is 5.82 Å². The molecule has 0 bridgehead atoms. The number of ether oxygens (including phenoxy) is 1. The van der Waals surface area contributed by atoms with Crippen LogP contribution in [0.3, 0.4) is 0 Å². The van der Waals surface area contributed by atoms with Crippen LogP contribution in [0.5, 0.6) is 5.75 Å². The van der Waals surface area contributed by atoms with Gasteiger partial charge in [-0.15, -0.1) is 5.10 Å². The smallest absolute Gasteiger partial charge is 0.182 e. The Balaban J connectivity index is 2.40. The predicted molar refractivity (Wildman–Crippen MR) is 78.6 cm³/mol. The minimum absolute atomic E-state index is 0.0445. The van der Waals surface area contributed by atoms with Gasteiger partial charge in [-0.25, -0.2) is 13.1 Å². The molecule has 2 aromatic rings. The van der Waals surface area contributed by atoms with E-state index >= 15 is 0 Å². The molecule has 2 N–H and O–H groups in total. The van der Waals surface area contributed by atoms with Crippen LogP contribution in [0.1, 0.15) is 13.0 Å². The minimum atomic E-state index is -3.13. The first-order chi connectivity index (χ1) is 9.81. The maximum absolute atomic E-state index is 11.4. The maximum Gasteiger partial charge on any atom is 0.182 e. The van der Waals surface area contributed by atoms with E-state index in [0.717, 1.165) is 0 Å². The molecule has 114 valence electrons. The van der Waals surface area contributed by atoms with Crippen molar-refractivity contribution < 1.29 is 13.2 Å². The summed E-state index contributed by atoms with van der Waals surface area (Å²) < 4.78 is 29.5. The Morgan fingerprint density at radius 2 is 2.14 bits per heavy atom. The monoisotopic (exact) mass is 311 g/mol. The number of nitrogens with two attached hydrogens (primary N) is 1. The van der Waals surface area contributed by atoms with Crippen molar-refractivity contribution >= 4 is 15.5 Å². The molecule has 1 aromatic carbocycles. The topological polar surface area (TPSA) is 113 Å². The molecule has 1 atom stereocenters. The number of nitrogens with zero attached hydrogens (tertiary/aromatic N) is 4. The lowest BCUT2D eigenvalue weighted by molar-refractivity contribution is 0.417. The fourth-order valence-corrected chi connectivity index (χ4v) is 3.06. The molecule has 1 unspecified atom stereocenters.